The first kappa shape index (κ1) is 72.9. The van der Waals surface area contributed by atoms with Crippen molar-refractivity contribution in [3.8, 4) is 0 Å². The zero-order chi connectivity index (χ0) is 60.5. The molecular weight excluding hydrogens is 1150 g/mol. The average Bonchev–Trinajstić information content (AvgIpc) is 3.57. The Kier molecular flexibility index (Phi) is 42.4. The van der Waals surface area contributed by atoms with Crippen LogP contribution in [0.2, 0.25) is 0 Å². The van der Waals surface area contributed by atoms with Gasteiger partial charge in [-0.3, -0.25) is 19.2 Å². The highest BCUT2D eigenvalue weighted by molar-refractivity contribution is 8.00. The normalized spacial score (nSPS) is 24.5. The summed E-state index contributed by atoms with van der Waals surface area (Å²) in [5, 5.41) is -1.92. The number of hydrogen-bond acceptors (Lipinski definition) is 28. The summed E-state index contributed by atoms with van der Waals surface area (Å²) in [5.74, 6) is -6.75. The van der Waals surface area contributed by atoms with Crippen molar-refractivity contribution >= 4 is 83.2 Å². The molecule has 3 rings (SSSR count). The van der Waals surface area contributed by atoms with E-state index in [1.165, 1.54) is 0 Å². The van der Waals surface area contributed by atoms with Crippen LogP contribution in [-0.2, 0) is 124 Å². The van der Waals surface area contributed by atoms with Gasteiger partial charge in [-0.1, -0.05) is 0 Å². The fourth-order valence-electron chi connectivity index (χ4n) is 7.29. The van der Waals surface area contributed by atoms with Crippen LogP contribution >= 0.6 is 23.5 Å². The van der Waals surface area contributed by atoms with Gasteiger partial charge >= 0.3 is 59.7 Å². The molecule has 0 saturated carbocycles. The van der Waals surface area contributed by atoms with Crippen LogP contribution < -0.4 is 0 Å². The Bertz CT molecular complexity index is 1860. The summed E-state index contributed by atoms with van der Waals surface area (Å²) in [6.07, 6.45) is 6.43. The molecule has 2 unspecified atom stereocenters. The average molecular weight is 1240 g/mol. The summed E-state index contributed by atoms with van der Waals surface area (Å²) in [6, 6.07) is 0. The zero-order valence-corrected chi connectivity index (χ0v) is 49.6. The molecule has 0 aromatic carbocycles. The SMILES string of the molecule is O=C1/C=C\C(=O)OCCCCCOC(=O)C(SCCCOC(=O)[C@@H]2OCCOCCOCCOCCOCCO[C@H]2C(=O)OCCCSC2CC(=O)OCCCCCOC(=O)/C=C\C(=O)OCCCCCOC2=O)CC(=O)OCCCCCO1. The van der Waals surface area contributed by atoms with E-state index in [0.29, 0.717) is 90.3 Å². The number of esters is 10. The lowest BCUT2D eigenvalue weighted by Gasteiger charge is -2.25. The van der Waals surface area contributed by atoms with Crippen LogP contribution in [0.3, 0.4) is 0 Å². The molecular formula is C56H84O26S2. The van der Waals surface area contributed by atoms with Gasteiger partial charge in [-0.25, -0.2) is 28.8 Å². The summed E-state index contributed by atoms with van der Waals surface area (Å²) in [4.78, 5) is 128. The molecule has 0 N–H and O–H groups in total. The van der Waals surface area contributed by atoms with Crippen LogP contribution in [-0.4, -0.2) is 226 Å². The van der Waals surface area contributed by atoms with E-state index in [0.717, 1.165) is 47.8 Å². The molecule has 4 atom stereocenters. The number of ether oxygens (including phenoxy) is 16. The lowest BCUT2D eigenvalue weighted by Crippen LogP contribution is -2.46. The predicted octanol–water partition coefficient (Wildman–Crippen LogP) is 3.85. The summed E-state index contributed by atoms with van der Waals surface area (Å²) >= 11 is 2.22. The standard InChI is InChI=1S/C56H84O26S2/c57-45-15-17-47(59)73-21-7-3-11-25-79-53(63)43(41-49(61)75-23-9-1-5-19-71-45)83-39-13-27-81-55(65)51-52(78-38-36-70-34-32-68-30-29-67-31-33-69-35-37-77-51)56(66)82-28-14-40-84-44-42-50(62)76-24-10-2-6-20-72-46(58)16-18-48(60)74-22-8-4-12-26-80-54(44)64/h15-18,43-44,51-52H,1-14,19-42H2/b17-15-,18-16-/t43?,44?,51-,52-/m1/s1. The van der Waals surface area contributed by atoms with Crippen molar-refractivity contribution in [2.45, 2.75) is 125 Å². The van der Waals surface area contributed by atoms with E-state index in [-0.39, 0.29) is 156 Å². The molecule has 0 amide bonds. The number of carbonyl (C=O) groups is 10. The van der Waals surface area contributed by atoms with Crippen molar-refractivity contribution in [1.29, 1.82) is 0 Å². The Morgan fingerprint density at radius 1 is 0.357 bits per heavy atom. The van der Waals surface area contributed by atoms with E-state index in [9.17, 15) is 47.9 Å². The first-order valence-electron chi connectivity index (χ1n) is 28.7. The minimum absolute atomic E-state index is 0.00244. The maximum absolute atomic E-state index is 13.9. The maximum atomic E-state index is 13.9. The van der Waals surface area contributed by atoms with E-state index < -0.39 is 82.4 Å². The lowest BCUT2D eigenvalue weighted by atomic mass is 10.2. The van der Waals surface area contributed by atoms with Gasteiger partial charge in [0.2, 0.25) is 0 Å². The number of cyclic esters (lactones) is 8. The number of thioether (sulfide) groups is 2. The fourth-order valence-corrected chi connectivity index (χ4v) is 9.34. The third-order valence-corrected chi connectivity index (χ3v) is 14.3. The molecule has 1 fully saturated rings. The summed E-state index contributed by atoms with van der Waals surface area (Å²) in [6.45, 7) is 1.41. The molecule has 0 aliphatic carbocycles. The molecule has 1 saturated heterocycles. The number of carbonyl (C=O) groups excluding carboxylic acids is 10. The van der Waals surface area contributed by atoms with Gasteiger partial charge < -0.3 is 75.8 Å². The molecule has 0 radical (unpaired) electrons. The minimum Gasteiger partial charge on any atom is -0.466 e. The van der Waals surface area contributed by atoms with Crippen molar-refractivity contribution < 1.29 is 124 Å². The second-order valence-electron chi connectivity index (χ2n) is 18.6. The molecule has 84 heavy (non-hydrogen) atoms. The molecule has 0 bridgehead atoms. The van der Waals surface area contributed by atoms with E-state index in [1.54, 1.807) is 0 Å². The first-order chi connectivity index (χ1) is 40.9. The van der Waals surface area contributed by atoms with E-state index in [4.69, 9.17) is 75.8 Å². The highest BCUT2D eigenvalue weighted by Gasteiger charge is 2.39. The predicted molar refractivity (Wildman–Crippen MR) is 297 cm³/mol. The van der Waals surface area contributed by atoms with Gasteiger partial charge in [0.1, 0.15) is 10.5 Å². The quantitative estimate of drug-likeness (QED) is 0.152. The van der Waals surface area contributed by atoms with E-state index in [2.05, 4.69) is 0 Å². The smallest absolute Gasteiger partial charge is 0.338 e. The molecule has 28 heteroatoms. The highest BCUT2D eigenvalue weighted by atomic mass is 32.2. The fraction of sp³-hybridized carbons (Fsp3) is 0.750. The van der Waals surface area contributed by atoms with Crippen molar-refractivity contribution in [2.75, 3.05) is 144 Å². The summed E-state index contributed by atoms with van der Waals surface area (Å²) < 4.78 is 87.5. The zero-order valence-electron chi connectivity index (χ0n) is 47.9. The Morgan fingerprint density at radius 2 is 0.631 bits per heavy atom. The lowest BCUT2D eigenvalue weighted by molar-refractivity contribution is -0.186. The van der Waals surface area contributed by atoms with E-state index in [1.807, 2.05) is 0 Å². The van der Waals surface area contributed by atoms with Crippen molar-refractivity contribution in [3.05, 3.63) is 24.3 Å². The van der Waals surface area contributed by atoms with E-state index >= 15 is 0 Å². The van der Waals surface area contributed by atoms with Gasteiger partial charge in [0.15, 0.2) is 12.2 Å². The first-order valence-corrected chi connectivity index (χ1v) is 30.8. The Morgan fingerprint density at radius 3 is 0.940 bits per heavy atom. The molecule has 3 heterocycles. The van der Waals surface area contributed by atoms with Gasteiger partial charge in [-0.15, -0.1) is 23.5 Å². The second kappa shape index (κ2) is 48.8. The van der Waals surface area contributed by atoms with Crippen LogP contribution in [0.4, 0.5) is 0 Å². The summed E-state index contributed by atoms with van der Waals surface area (Å²) in [5.41, 5.74) is 0. The Labute approximate surface area is 498 Å². The molecule has 26 nitrogen and oxygen atoms in total. The third-order valence-electron chi connectivity index (χ3n) is 11.7. The molecule has 0 aromatic heterocycles. The largest absolute Gasteiger partial charge is 0.466 e. The minimum atomic E-state index is -1.66. The van der Waals surface area contributed by atoms with Gasteiger partial charge in [-0.2, -0.15) is 0 Å². The van der Waals surface area contributed by atoms with Gasteiger partial charge in [0, 0.05) is 24.3 Å². The van der Waals surface area contributed by atoms with Gasteiger partial charge in [0.05, 0.1) is 145 Å². The molecule has 476 valence electrons. The van der Waals surface area contributed by atoms with Crippen molar-refractivity contribution in [1.82, 2.24) is 0 Å². The van der Waals surface area contributed by atoms with Crippen LogP contribution in [0.5, 0.6) is 0 Å². The van der Waals surface area contributed by atoms with Crippen molar-refractivity contribution in [3.63, 3.8) is 0 Å². The third kappa shape index (κ3) is 37.8. The van der Waals surface area contributed by atoms with Gasteiger partial charge in [-0.05, 0) is 101 Å². The molecule has 0 spiro atoms. The summed E-state index contributed by atoms with van der Waals surface area (Å²) in [7, 11) is 0. The topological polar surface area (TPSA) is 318 Å². The number of rotatable bonds is 12. The van der Waals surface area contributed by atoms with Crippen LogP contribution in [0.1, 0.15) is 103 Å². The maximum Gasteiger partial charge on any atom is 0.338 e. The number of hydrogen-bond donors (Lipinski definition) is 0. The van der Waals surface area contributed by atoms with Crippen LogP contribution in [0, 0.1) is 0 Å². The molecule has 3 aliphatic heterocycles. The van der Waals surface area contributed by atoms with Crippen molar-refractivity contribution in [2.24, 2.45) is 0 Å². The Hall–Kier alpha value is -5.36. The van der Waals surface area contributed by atoms with Crippen LogP contribution in [0.15, 0.2) is 24.3 Å². The molecule has 0 aromatic rings. The highest BCUT2D eigenvalue weighted by Crippen LogP contribution is 2.22. The van der Waals surface area contributed by atoms with Gasteiger partial charge in [0.25, 0.3) is 0 Å². The Balaban J connectivity index is 1.63. The van der Waals surface area contributed by atoms with Crippen LogP contribution in [0.25, 0.3) is 0 Å². The second-order valence-corrected chi connectivity index (χ2v) is 21.2. The monoisotopic (exact) mass is 1240 g/mol. The molecule has 3 aliphatic rings.